The zero-order valence-electron chi connectivity index (χ0n) is 11.8. The molecule has 0 amide bonds. The summed E-state index contributed by atoms with van der Waals surface area (Å²) in [4.78, 5) is 32.6. The topological polar surface area (TPSA) is 52.6 Å². The zero-order valence-corrected chi connectivity index (χ0v) is 11.8. The monoisotopic (exact) mass is 294 g/mol. The molecular formula is C18H14O4. The van der Waals surface area contributed by atoms with E-state index in [2.05, 4.69) is 22.9 Å². The Balaban J connectivity index is 1.95. The van der Waals surface area contributed by atoms with Gasteiger partial charge in [0.1, 0.15) is 0 Å². The maximum atomic E-state index is 11.7. The number of benzene rings is 2. The van der Waals surface area contributed by atoms with Crippen molar-refractivity contribution >= 4 is 24.1 Å². The standard InChI is InChI=1S/C18H14O4/c1-3-13-5-9-15(10-6-13)17(19)21-22-18(20)16-11-7-14(4-2)8-12-16/h3-12H,1-2H2. The van der Waals surface area contributed by atoms with Gasteiger partial charge in [-0.1, -0.05) is 49.6 Å². The van der Waals surface area contributed by atoms with E-state index in [4.69, 9.17) is 0 Å². The molecular weight excluding hydrogens is 280 g/mol. The SMILES string of the molecule is C=Cc1ccc(C(=O)OOC(=O)c2ccc(C=C)cc2)cc1. The van der Waals surface area contributed by atoms with Crippen molar-refractivity contribution < 1.29 is 19.4 Å². The molecule has 0 bridgehead atoms. The molecule has 110 valence electrons. The van der Waals surface area contributed by atoms with Crippen molar-refractivity contribution in [2.75, 3.05) is 0 Å². The van der Waals surface area contributed by atoms with Crippen molar-refractivity contribution in [3.8, 4) is 0 Å². The van der Waals surface area contributed by atoms with Crippen molar-refractivity contribution in [1.29, 1.82) is 0 Å². The van der Waals surface area contributed by atoms with E-state index < -0.39 is 11.9 Å². The zero-order chi connectivity index (χ0) is 15.9. The molecule has 2 rings (SSSR count). The van der Waals surface area contributed by atoms with E-state index in [1.807, 2.05) is 0 Å². The minimum Gasteiger partial charge on any atom is -0.242 e. The third-order valence-electron chi connectivity index (χ3n) is 2.96. The second-order valence-corrected chi connectivity index (χ2v) is 4.39. The molecule has 2 aromatic rings. The molecule has 0 spiro atoms. The molecule has 0 unspecified atom stereocenters. The van der Waals surface area contributed by atoms with E-state index in [0.29, 0.717) is 0 Å². The highest BCUT2D eigenvalue weighted by Crippen LogP contribution is 2.10. The number of hydrogen-bond donors (Lipinski definition) is 0. The van der Waals surface area contributed by atoms with Gasteiger partial charge in [0, 0.05) is 0 Å². The Morgan fingerprint density at radius 2 is 1.00 bits per heavy atom. The van der Waals surface area contributed by atoms with Gasteiger partial charge in [-0.05, 0) is 35.4 Å². The fourth-order valence-corrected chi connectivity index (χ4v) is 1.68. The van der Waals surface area contributed by atoms with Gasteiger partial charge in [-0.15, -0.1) is 0 Å². The predicted octanol–water partition coefficient (Wildman–Crippen LogP) is 3.90. The Morgan fingerprint density at radius 1 is 0.682 bits per heavy atom. The van der Waals surface area contributed by atoms with Gasteiger partial charge < -0.3 is 0 Å². The summed E-state index contributed by atoms with van der Waals surface area (Å²) in [5, 5.41) is 0. The Morgan fingerprint density at radius 3 is 1.27 bits per heavy atom. The quantitative estimate of drug-likeness (QED) is 0.634. The molecule has 0 aliphatic heterocycles. The Hall–Kier alpha value is -3.14. The van der Waals surface area contributed by atoms with Gasteiger partial charge >= 0.3 is 11.9 Å². The molecule has 0 saturated carbocycles. The Bertz CT molecular complexity index is 633. The average molecular weight is 294 g/mol. The van der Waals surface area contributed by atoms with Crippen molar-refractivity contribution in [3.05, 3.63) is 83.9 Å². The van der Waals surface area contributed by atoms with E-state index in [-0.39, 0.29) is 11.1 Å². The van der Waals surface area contributed by atoms with Crippen LogP contribution in [0.2, 0.25) is 0 Å². The third kappa shape index (κ3) is 3.70. The van der Waals surface area contributed by atoms with Gasteiger partial charge in [-0.25, -0.2) is 19.4 Å². The van der Waals surface area contributed by atoms with Crippen molar-refractivity contribution in [2.45, 2.75) is 0 Å². The maximum absolute atomic E-state index is 11.7. The fourth-order valence-electron chi connectivity index (χ4n) is 1.68. The predicted molar refractivity (Wildman–Crippen MR) is 83.9 cm³/mol. The van der Waals surface area contributed by atoms with Crippen LogP contribution in [0.15, 0.2) is 61.7 Å². The Labute approximate surface area is 128 Å². The molecule has 4 heteroatoms. The summed E-state index contributed by atoms with van der Waals surface area (Å²) in [5.41, 5.74) is 2.30. The van der Waals surface area contributed by atoms with Crippen LogP contribution in [0, 0.1) is 0 Å². The van der Waals surface area contributed by atoms with Crippen LogP contribution in [-0.4, -0.2) is 11.9 Å². The van der Waals surface area contributed by atoms with Crippen LogP contribution in [0.25, 0.3) is 12.2 Å². The van der Waals surface area contributed by atoms with E-state index in [9.17, 15) is 9.59 Å². The maximum Gasteiger partial charge on any atom is 0.386 e. The van der Waals surface area contributed by atoms with Crippen LogP contribution in [0.3, 0.4) is 0 Å². The number of rotatable bonds is 4. The van der Waals surface area contributed by atoms with Crippen LogP contribution in [0.4, 0.5) is 0 Å². The van der Waals surface area contributed by atoms with Gasteiger partial charge in [0.2, 0.25) is 0 Å². The molecule has 0 aliphatic carbocycles. The molecule has 4 nitrogen and oxygen atoms in total. The lowest BCUT2D eigenvalue weighted by Crippen LogP contribution is -2.11. The van der Waals surface area contributed by atoms with Crippen molar-refractivity contribution in [3.63, 3.8) is 0 Å². The van der Waals surface area contributed by atoms with Crippen LogP contribution < -0.4 is 0 Å². The molecule has 0 heterocycles. The summed E-state index contributed by atoms with van der Waals surface area (Å²) in [7, 11) is 0. The molecule has 0 aliphatic rings. The summed E-state index contributed by atoms with van der Waals surface area (Å²) in [6, 6.07) is 13.1. The van der Waals surface area contributed by atoms with Crippen LogP contribution in [-0.2, 0) is 9.78 Å². The lowest BCUT2D eigenvalue weighted by Gasteiger charge is -2.04. The van der Waals surface area contributed by atoms with E-state index >= 15 is 0 Å². The lowest BCUT2D eigenvalue weighted by atomic mass is 10.1. The number of carbonyl (C=O) groups is 2. The first-order valence-corrected chi connectivity index (χ1v) is 6.52. The highest BCUT2D eigenvalue weighted by molar-refractivity contribution is 5.92. The van der Waals surface area contributed by atoms with Crippen LogP contribution in [0.5, 0.6) is 0 Å². The highest BCUT2D eigenvalue weighted by Gasteiger charge is 2.13. The van der Waals surface area contributed by atoms with Crippen molar-refractivity contribution in [2.24, 2.45) is 0 Å². The largest absolute Gasteiger partial charge is 0.386 e. The van der Waals surface area contributed by atoms with Crippen LogP contribution >= 0.6 is 0 Å². The van der Waals surface area contributed by atoms with Gasteiger partial charge in [0.15, 0.2) is 0 Å². The number of carbonyl (C=O) groups excluding carboxylic acids is 2. The van der Waals surface area contributed by atoms with E-state index in [1.54, 1.807) is 60.7 Å². The minimum absolute atomic E-state index is 0.278. The second-order valence-electron chi connectivity index (χ2n) is 4.39. The summed E-state index contributed by atoms with van der Waals surface area (Å²) in [6.07, 6.45) is 3.31. The number of hydrogen-bond acceptors (Lipinski definition) is 4. The minimum atomic E-state index is -0.744. The van der Waals surface area contributed by atoms with Crippen molar-refractivity contribution in [1.82, 2.24) is 0 Å². The normalized spacial score (nSPS) is 9.64. The first kappa shape index (κ1) is 15.3. The molecule has 0 atom stereocenters. The van der Waals surface area contributed by atoms with E-state index in [1.165, 1.54) is 0 Å². The summed E-state index contributed by atoms with van der Waals surface area (Å²) in [6.45, 7) is 7.24. The van der Waals surface area contributed by atoms with E-state index in [0.717, 1.165) is 11.1 Å². The average Bonchev–Trinajstić information content (AvgIpc) is 2.59. The first-order valence-electron chi connectivity index (χ1n) is 6.52. The molecule has 2 aromatic carbocycles. The summed E-state index contributed by atoms with van der Waals surface area (Å²) >= 11 is 0. The smallest absolute Gasteiger partial charge is 0.242 e. The van der Waals surface area contributed by atoms with Gasteiger partial charge in [0.25, 0.3) is 0 Å². The third-order valence-corrected chi connectivity index (χ3v) is 2.96. The summed E-state index contributed by atoms with van der Waals surface area (Å²) < 4.78 is 0. The second kappa shape index (κ2) is 7.04. The summed E-state index contributed by atoms with van der Waals surface area (Å²) in [5.74, 6) is -1.49. The Kier molecular flexibility index (Phi) is 4.88. The van der Waals surface area contributed by atoms with Crippen LogP contribution in [0.1, 0.15) is 31.8 Å². The highest BCUT2D eigenvalue weighted by atomic mass is 17.2. The fraction of sp³-hybridized carbons (Fsp3) is 0. The lowest BCUT2D eigenvalue weighted by molar-refractivity contribution is -0.187. The van der Waals surface area contributed by atoms with Gasteiger partial charge in [-0.3, -0.25) is 0 Å². The molecule has 0 fully saturated rings. The van der Waals surface area contributed by atoms with Gasteiger partial charge in [0.05, 0.1) is 11.1 Å². The molecule has 22 heavy (non-hydrogen) atoms. The molecule has 0 radical (unpaired) electrons. The molecule has 0 N–H and O–H groups in total. The molecule has 0 aromatic heterocycles. The molecule has 0 saturated heterocycles. The van der Waals surface area contributed by atoms with Gasteiger partial charge in [-0.2, -0.15) is 0 Å². The first-order chi connectivity index (χ1) is 10.6.